The van der Waals surface area contributed by atoms with Gasteiger partial charge < -0.3 is 9.47 Å². The molecule has 1 N–H and O–H groups in total. The lowest BCUT2D eigenvalue weighted by Gasteiger charge is -2.13. The van der Waals surface area contributed by atoms with Crippen LogP contribution in [0.2, 0.25) is 0 Å². The summed E-state index contributed by atoms with van der Waals surface area (Å²) in [5.41, 5.74) is 4.97. The number of carbonyl (C=O) groups is 1. The molecule has 3 aromatic carbocycles. The van der Waals surface area contributed by atoms with Gasteiger partial charge in [0, 0.05) is 10.0 Å². The van der Waals surface area contributed by atoms with E-state index in [0.717, 1.165) is 15.6 Å². The highest BCUT2D eigenvalue weighted by molar-refractivity contribution is 9.10. The molecule has 0 unspecified atom stereocenters. The number of hydrazone groups is 1. The van der Waals surface area contributed by atoms with E-state index in [-0.39, 0.29) is 24.8 Å². The molecule has 0 heterocycles. The monoisotopic (exact) mass is 470 g/mol. The Bertz CT molecular complexity index is 1020. The van der Waals surface area contributed by atoms with Crippen molar-refractivity contribution in [3.05, 3.63) is 93.7 Å². The summed E-state index contributed by atoms with van der Waals surface area (Å²) in [6.07, 6.45) is 1.78. The van der Waals surface area contributed by atoms with Gasteiger partial charge in [-0.25, -0.2) is 9.82 Å². The highest BCUT2D eigenvalue weighted by Crippen LogP contribution is 2.33. The van der Waals surface area contributed by atoms with Crippen molar-refractivity contribution in [1.29, 1.82) is 0 Å². The largest absolute Gasteiger partial charge is 0.493 e. The molecule has 0 aliphatic carbocycles. The summed E-state index contributed by atoms with van der Waals surface area (Å²) < 4.78 is 24.9. The molecule has 154 valence electrons. The first-order valence-corrected chi connectivity index (χ1v) is 9.95. The lowest BCUT2D eigenvalue weighted by molar-refractivity contribution is -0.120. The van der Waals surface area contributed by atoms with Crippen LogP contribution in [-0.2, 0) is 17.8 Å². The maximum Gasteiger partial charge on any atom is 0.244 e. The van der Waals surface area contributed by atoms with E-state index >= 15 is 0 Å². The fraction of sp³-hybridized carbons (Fsp3) is 0.130. The van der Waals surface area contributed by atoms with Crippen molar-refractivity contribution < 1.29 is 18.7 Å². The molecule has 3 rings (SSSR count). The Labute approximate surface area is 182 Å². The summed E-state index contributed by atoms with van der Waals surface area (Å²) in [4.78, 5) is 12.0. The van der Waals surface area contributed by atoms with Gasteiger partial charge in [0.05, 0.1) is 19.7 Å². The molecular formula is C23H20BrFN2O3. The number of ether oxygens (including phenoxy) is 2. The zero-order valence-corrected chi connectivity index (χ0v) is 17.9. The quantitative estimate of drug-likeness (QED) is 0.377. The first-order valence-electron chi connectivity index (χ1n) is 9.16. The van der Waals surface area contributed by atoms with Crippen LogP contribution in [0.1, 0.15) is 16.7 Å². The summed E-state index contributed by atoms with van der Waals surface area (Å²) in [6, 6.07) is 19.0. The second-order valence-corrected chi connectivity index (χ2v) is 7.25. The third-order valence-electron chi connectivity index (χ3n) is 4.19. The molecule has 5 nitrogen and oxygen atoms in total. The van der Waals surface area contributed by atoms with Gasteiger partial charge in [0.1, 0.15) is 12.4 Å². The van der Waals surface area contributed by atoms with Crippen molar-refractivity contribution in [2.24, 2.45) is 5.10 Å². The van der Waals surface area contributed by atoms with E-state index in [9.17, 15) is 9.18 Å². The molecule has 0 radical (unpaired) electrons. The van der Waals surface area contributed by atoms with Gasteiger partial charge >= 0.3 is 0 Å². The first kappa shape index (κ1) is 21.5. The second-order valence-electron chi connectivity index (χ2n) is 6.40. The van der Waals surface area contributed by atoms with Crippen LogP contribution >= 0.6 is 15.9 Å². The average Bonchev–Trinajstić information content (AvgIpc) is 2.75. The third-order valence-corrected chi connectivity index (χ3v) is 4.88. The van der Waals surface area contributed by atoms with Gasteiger partial charge in [0.15, 0.2) is 11.5 Å². The topological polar surface area (TPSA) is 59.9 Å². The summed E-state index contributed by atoms with van der Waals surface area (Å²) in [5.74, 6) is 0.537. The number of halogens is 2. The van der Waals surface area contributed by atoms with E-state index in [4.69, 9.17) is 9.47 Å². The van der Waals surface area contributed by atoms with Gasteiger partial charge in [-0.1, -0.05) is 42.5 Å². The van der Waals surface area contributed by atoms with Gasteiger partial charge in [-0.2, -0.15) is 5.10 Å². The van der Waals surface area contributed by atoms with E-state index in [2.05, 4.69) is 26.5 Å². The maximum absolute atomic E-state index is 13.0. The normalized spacial score (nSPS) is 10.8. The number of amides is 1. The van der Waals surface area contributed by atoms with Crippen LogP contribution in [0.5, 0.6) is 11.5 Å². The van der Waals surface area contributed by atoms with E-state index in [1.165, 1.54) is 25.5 Å². The molecule has 0 saturated carbocycles. The molecule has 3 aromatic rings. The van der Waals surface area contributed by atoms with Crippen LogP contribution in [0.3, 0.4) is 0 Å². The van der Waals surface area contributed by atoms with Gasteiger partial charge in [-0.3, -0.25) is 4.79 Å². The van der Waals surface area contributed by atoms with Crippen molar-refractivity contribution >= 4 is 28.1 Å². The molecule has 0 saturated heterocycles. The third kappa shape index (κ3) is 6.15. The van der Waals surface area contributed by atoms with Crippen LogP contribution in [0, 0.1) is 5.82 Å². The van der Waals surface area contributed by atoms with Crippen molar-refractivity contribution in [2.45, 2.75) is 13.0 Å². The number of rotatable bonds is 8. The van der Waals surface area contributed by atoms with Crippen molar-refractivity contribution in [2.75, 3.05) is 7.11 Å². The van der Waals surface area contributed by atoms with Gasteiger partial charge in [-0.15, -0.1) is 0 Å². The predicted octanol–water partition coefficient (Wildman–Crippen LogP) is 4.87. The van der Waals surface area contributed by atoms with Crippen molar-refractivity contribution in [3.63, 3.8) is 0 Å². The zero-order valence-electron chi connectivity index (χ0n) is 16.3. The Morgan fingerprint density at radius 2 is 1.80 bits per heavy atom. The molecule has 0 aliphatic rings. The minimum Gasteiger partial charge on any atom is -0.493 e. The summed E-state index contributed by atoms with van der Waals surface area (Å²) >= 11 is 3.48. The Hall–Kier alpha value is -3.19. The standard InChI is InChI=1S/C23H20BrFN2O3/c1-29-21-12-18(14-26-27-23(28)11-16-5-3-2-4-6-16)20(24)13-22(21)30-15-17-7-9-19(25)10-8-17/h2-10,12-14H,11,15H2,1H3,(H,27,28)/b26-14+. The molecule has 30 heavy (non-hydrogen) atoms. The Balaban J connectivity index is 1.63. The van der Waals surface area contributed by atoms with Crippen LogP contribution in [0.4, 0.5) is 4.39 Å². The number of hydrogen-bond acceptors (Lipinski definition) is 4. The minimum atomic E-state index is -0.293. The fourth-order valence-corrected chi connectivity index (χ4v) is 3.08. The number of nitrogens with one attached hydrogen (secondary N) is 1. The van der Waals surface area contributed by atoms with Gasteiger partial charge in [0.25, 0.3) is 0 Å². The fourth-order valence-electron chi connectivity index (χ4n) is 2.66. The first-order chi connectivity index (χ1) is 14.5. The second kappa shape index (κ2) is 10.5. The molecule has 1 amide bonds. The van der Waals surface area contributed by atoms with E-state index in [0.29, 0.717) is 17.1 Å². The van der Waals surface area contributed by atoms with Crippen LogP contribution in [0.25, 0.3) is 0 Å². The SMILES string of the molecule is COc1cc(/C=N/NC(=O)Cc2ccccc2)c(Br)cc1OCc1ccc(F)cc1. The van der Waals surface area contributed by atoms with Gasteiger partial charge in [-0.05, 0) is 51.3 Å². The zero-order chi connectivity index (χ0) is 21.3. The smallest absolute Gasteiger partial charge is 0.244 e. The summed E-state index contributed by atoms with van der Waals surface area (Å²) in [5, 5.41) is 4.02. The highest BCUT2D eigenvalue weighted by atomic mass is 79.9. The van der Waals surface area contributed by atoms with E-state index < -0.39 is 0 Å². The van der Waals surface area contributed by atoms with Crippen LogP contribution in [-0.4, -0.2) is 19.2 Å². The van der Waals surface area contributed by atoms with Crippen molar-refractivity contribution in [1.82, 2.24) is 5.43 Å². The van der Waals surface area contributed by atoms with Crippen molar-refractivity contribution in [3.8, 4) is 11.5 Å². The molecule has 0 fully saturated rings. The van der Waals surface area contributed by atoms with Crippen LogP contribution in [0.15, 0.2) is 76.3 Å². The highest BCUT2D eigenvalue weighted by Gasteiger charge is 2.10. The van der Waals surface area contributed by atoms with Gasteiger partial charge in [0.2, 0.25) is 5.91 Å². The van der Waals surface area contributed by atoms with E-state index in [1.807, 2.05) is 30.3 Å². The predicted molar refractivity (Wildman–Crippen MR) is 117 cm³/mol. The Morgan fingerprint density at radius 3 is 2.50 bits per heavy atom. The number of methoxy groups -OCH3 is 1. The lowest BCUT2D eigenvalue weighted by Crippen LogP contribution is -2.19. The summed E-state index contributed by atoms with van der Waals surface area (Å²) in [6.45, 7) is 0.270. The molecule has 0 aliphatic heterocycles. The number of nitrogens with zero attached hydrogens (tertiary/aromatic N) is 1. The summed E-state index contributed by atoms with van der Waals surface area (Å²) in [7, 11) is 1.54. The number of carbonyl (C=O) groups excluding carboxylic acids is 1. The molecule has 0 atom stereocenters. The Kier molecular flexibility index (Phi) is 7.57. The minimum absolute atomic E-state index is 0.209. The number of benzene rings is 3. The van der Waals surface area contributed by atoms with E-state index in [1.54, 1.807) is 24.3 Å². The number of hydrogen-bond donors (Lipinski definition) is 1. The molecule has 0 aromatic heterocycles. The lowest BCUT2D eigenvalue weighted by atomic mass is 10.1. The molecule has 7 heteroatoms. The molecular weight excluding hydrogens is 451 g/mol. The maximum atomic E-state index is 13.0. The average molecular weight is 471 g/mol. The molecule has 0 bridgehead atoms. The molecule has 0 spiro atoms. The Morgan fingerprint density at radius 1 is 1.07 bits per heavy atom. The van der Waals surface area contributed by atoms with Crippen LogP contribution < -0.4 is 14.9 Å².